The first-order valence-corrected chi connectivity index (χ1v) is 7.53. The van der Waals surface area contributed by atoms with Crippen LogP contribution < -0.4 is 10.9 Å². The lowest BCUT2D eigenvalue weighted by atomic mass is 10.1. The number of hydrogen-bond acceptors (Lipinski definition) is 4. The molecule has 0 bridgehead atoms. The van der Waals surface area contributed by atoms with Gasteiger partial charge in [0.25, 0.3) is 5.56 Å². The monoisotopic (exact) mass is 327 g/mol. The predicted octanol–water partition coefficient (Wildman–Crippen LogP) is 2.14. The molecule has 0 radical (unpaired) electrons. The molecule has 3 N–H and O–H groups in total. The van der Waals surface area contributed by atoms with E-state index in [1.54, 1.807) is 18.3 Å². The fourth-order valence-electron chi connectivity index (χ4n) is 2.72. The number of carbonyl (C=O) groups is 1. The average Bonchev–Trinajstić information content (AvgIpc) is 3.07. The van der Waals surface area contributed by atoms with Gasteiger partial charge in [0.05, 0.1) is 28.8 Å². The fraction of sp³-hybridized carbons (Fsp3) is 0.250. The number of para-hydroxylation sites is 1. The fourth-order valence-corrected chi connectivity index (χ4v) is 2.72. The Bertz CT molecular complexity index is 946. The van der Waals surface area contributed by atoms with Crippen molar-refractivity contribution < 1.29 is 9.90 Å². The molecule has 3 aromatic rings. The van der Waals surface area contributed by atoms with Crippen molar-refractivity contribution in [1.29, 1.82) is 0 Å². The van der Waals surface area contributed by atoms with Gasteiger partial charge in [0.15, 0.2) is 0 Å². The number of aryl methyl sites for hydroxylation is 1. The second-order valence-electron chi connectivity index (χ2n) is 5.45. The van der Waals surface area contributed by atoms with Crippen molar-refractivity contribution in [2.75, 3.05) is 0 Å². The van der Waals surface area contributed by atoms with E-state index in [4.69, 9.17) is 5.11 Å². The second-order valence-corrected chi connectivity index (χ2v) is 5.45. The van der Waals surface area contributed by atoms with Gasteiger partial charge in [-0.2, -0.15) is 5.10 Å². The average molecular weight is 327 g/mol. The number of rotatable bonds is 4. The Morgan fingerprint density at radius 1 is 1.46 bits per heavy atom. The zero-order valence-electron chi connectivity index (χ0n) is 13.3. The Hall–Kier alpha value is -3.16. The summed E-state index contributed by atoms with van der Waals surface area (Å²) in [5.74, 6) is 0.341. The van der Waals surface area contributed by atoms with Crippen molar-refractivity contribution in [2.45, 2.75) is 26.3 Å². The van der Waals surface area contributed by atoms with Gasteiger partial charge < -0.3 is 10.4 Å². The van der Waals surface area contributed by atoms with E-state index in [0.29, 0.717) is 28.8 Å². The maximum absolute atomic E-state index is 13.0. The topological polar surface area (TPSA) is 113 Å². The van der Waals surface area contributed by atoms with Gasteiger partial charge in [-0.05, 0) is 25.0 Å². The van der Waals surface area contributed by atoms with Crippen LogP contribution in [0.1, 0.15) is 30.8 Å². The van der Waals surface area contributed by atoms with E-state index < -0.39 is 12.1 Å². The maximum Gasteiger partial charge on any atom is 0.405 e. The molecule has 1 unspecified atom stereocenters. The Kier molecular flexibility index (Phi) is 4.03. The number of aromatic amines is 1. The van der Waals surface area contributed by atoms with Crippen LogP contribution in [-0.2, 0) is 0 Å². The standard InChI is InChI=1S/C16H17N5O3/c1-3-12(19-16(23)24)14-20-13-9(2)5-4-6-11(13)15(22)21(14)10-7-17-18-8-10/h4-8,12,19H,3H2,1-2H3,(H,17,18)(H,23,24). The number of amides is 1. The molecule has 1 aromatic carbocycles. The third-order valence-corrected chi connectivity index (χ3v) is 3.89. The van der Waals surface area contributed by atoms with Gasteiger partial charge in [-0.1, -0.05) is 19.1 Å². The molecule has 0 fully saturated rings. The molecule has 124 valence electrons. The van der Waals surface area contributed by atoms with Gasteiger partial charge in [-0.15, -0.1) is 0 Å². The lowest BCUT2D eigenvalue weighted by Gasteiger charge is -2.20. The summed E-state index contributed by atoms with van der Waals surface area (Å²) in [5.41, 5.74) is 1.68. The summed E-state index contributed by atoms with van der Waals surface area (Å²) in [6, 6.07) is 4.76. The van der Waals surface area contributed by atoms with Crippen molar-refractivity contribution >= 4 is 17.0 Å². The van der Waals surface area contributed by atoms with E-state index in [1.807, 2.05) is 19.9 Å². The van der Waals surface area contributed by atoms with Gasteiger partial charge >= 0.3 is 6.09 Å². The van der Waals surface area contributed by atoms with E-state index in [0.717, 1.165) is 5.56 Å². The predicted molar refractivity (Wildman–Crippen MR) is 88.4 cm³/mol. The third kappa shape index (κ3) is 2.62. The van der Waals surface area contributed by atoms with Gasteiger partial charge in [0.2, 0.25) is 0 Å². The van der Waals surface area contributed by atoms with Crippen molar-refractivity contribution in [2.24, 2.45) is 0 Å². The van der Waals surface area contributed by atoms with Crippen molar-refractivity contribution in [3.05, 3.63) is 52.3 Å². The van der Waals surface area contributed by atoms with Crippen molar-refractivity contribution in [1.82, 2.24) is 25.1 Å². The molecular formula is C16H17N5O3. The van der Waals surface area contributed by atoms with Crippen LogP contribution >= 0.6 is 0 Å². The normalized spacial score (nSPS) is 12.2. The molecule has 8 heteroatoms. The van der Waals surface area contributed by atoms with Crippen molar-refractivity contribution in [3.63, 3.8) is 0 Å². The van der Waals surface area contributed by atoms with E-state index >= 15 is 0 Å². The maximum atomic E-state index is 13.0. The number of carboxylic acid groups (broad SMARTS) is 1. The van der Waals surface area contributed by atoms with E-state index in [1.165, 1.54) is 10.8 Å². The van der Waals surface area contributed by atoms with Gasteiger partial charge in [0, 0.05) is 6.20 Å². The Balaban J connectivity index is 2.37. The first-order chi connectivity index (χ1) is 11.5. The second kappa shape index (κ2) is 6.15. The van der Waals surface area contributed by atoms with E-state index in [2.05, 4.69) is 20.5 Å². The van der Waals surface area contributed by atoms with Crippen LogP contribution in [0.3, 0.4) is 0 Å². The Morgan fingerprint density at radius 2 is 2.25 bits per heavy atom. The number of nitrogens with zero attached hydrogens (tertiary/aromatic N) is 3. The minimum atomic E-state index is -1.17. The van der Waals surface area contributed by atoms with Crippen molar-refractivity contribution in [3.8, 4) is 5.69 Å². The zero-order chi connectivity index (χ0) is 17.3. The minimum absolute atomic E-state index is 0.259. The highest BCUT2D eigenvalue weighted by Gasteiger charge is 2.22. The summed E-state index contributed by atoms with van der Waals surface area (Å²) in [4.78, 5) is 28.7. The number of nitrogens with one attached hydrogen (secondary N) is 2. The van der Waals surface area contributed by atoms with Crippen LogP contribution in [0.5, 0.6) is 0 Å². The quantitative estimate of drug-likeness (QED) is 0.679. The third-order valence-electron chi connectivity index (χ3n) is 3.89. The minimum Gasteiger partial charge on any atom is -0.465 e. The number of benzene rings is 1. The molecule has 0 saturated carbocycles. The largest absolute Gasteiger partial charge is 0.465 e. The van der Waals surface area contributed by atoms with E-state index in [-0.39, 0.29) is 5.56 Å². The first-order valence-electron chi connectivity index (χ1n) is 7.53. The summed E-state index contributed by atoms with van der Waals surface area (Å²) in [5, 5.41) is 18.5. The molecule has 24 heavy (non-hydrogen) atoms. The summed E-state index contributed by atoms with van der Waals surface area (Å²) < 4.78 is 1.40. The highest BCUT2D eigenvalue weighted by atomic mass is 16.4. The molecule has 1 amide bonds. The van der Waals surface area contributed by atoms with Crippen LogP contribution in [0.25, 0.3) is 16.6 Å². The first kappa shape index (κ1) is 15.7. The molecule has 0 aliphatic carbocycles. The highest BCUT2D eigenvalue weighted by molar-refractivity contribution is 5.81. The summed E-state index contributed by atoms with van der Waals surface area (Å²) in [7, 11) is 0. The summed E-state index contributed by atoms with van der Waals surface area (Å²) in [6.07, 6.45) is 2.36. The highest BCUT2D eigenvalue weighted by Crippen LogP contribution is 2.21. The SMILES string of the molecule is CCC(NC(=O)O)c1nc2c(C)cccc2c(=O)n1-c1cn[nH]c1. The molecular weight excluding hydrogens is 310 g/mol. The summed E-state index contributed by atoms with van der Waals surface area (Å²) >= 11 is 0. The lowest BCUT2D eigenvalue weighted by molar-refractivity contribution is 0.188. The van der Waals surface area contributed by atoms with Gasteiger partial charge in [0.1, 0.15) is 5.82 Å². The summed E-state index contributed by atoms with van der Waals surface area (Å²) in [6.45, 7) is 3.70. The molecule has 0 aliphatic heterocycles. The van der Waals surface area contributed by atoms with Gasteiger partial charge in [-0.3, -0.25) is 14.5 Å². The molecule has 3 rings (SSSR count). The van der Waals surface area contributed by atoms with Crippen LogP contribution in [0.2, 0.25) is 0 Å². The lowest BCUT2D eigenvalue weighted by Crippen LogP contribution is -2.33. The molecule has 2 aromatic heterocycles. The molecule has 0 aliphatic rings. The Labute approximate surface area is 137 Å². The molecule has 0 saturated heterocycles. The number of hydrogen-bond donors (Lipinski definition) is 3. The zero-order valence-corrected chi connectivity index (χ0v) is 13.3. The van der Waals surface area contributed by atoms with Crippen LogP contribution in [0, 0.1) is 6.92 Å². The van der Waals surface area contributed by atoms with Crippen LogP contribution in [0.4, 0.5) is 4.79 Å². The number of H-pyrrole nitrogens is 1. The molecule has 2 heterocycles. The van der Waals surface area contributed by atoms with E-state index in [9.17, 15) is 9.59 Å². The van der Waals surface area contributed by atoms with Crippen LogP contribution in [-0.4, -0.2) is 30.9 Å². The molecule has 8 nitrogen and oxygen atoms in total. The van der Waals surface area contributed by atoms with Gasteiger partial charge in [-0.25, -0.2) is 9.78 Å². The van der Waals surface area contributed by atoms with Crippen LogP contribution in [0.15, 0.2) is 35.4 Å². The Morgan fingerprint density at radius 3 is 2.88 bits per heavy atom. The number of fused-ring (bicyclic) bond motifs is 1. The molecule has 0 spiro atoms. The smallest absolute Gasteiger partial charge is 0.405 e. The molecule has 1 atom stereocenters. The number of aromatic nitrogens is 4.